The third kappa shape index (κ3) is 3.74. The van der Waals surface area contributed by atoms with E-state index in [0.29, 0.717) is 23.8 Å². The van der Waals surface area contributed by atoms with Gasteiger partial charge in [0.25, 0.3) is 0 Å². The van der Waals surface area contributed by atoms with Gasteiger partial charge in [0, 0.05) is 23.1 Å². The van der Waals surface area contributed by atoms with E-state index in [2.05, 4.69) is 27.8 Å². The Bertz CT molecular complexity index is 1210. The van der Waals surface area contributed by atoms with Crippen LogP contribution in [0.1, 0.15) is 48.4 Å². The lowest BCUT2D eigenvalue weighted by molar-refractivity contribution is 0.478. The van der Waals surface area contributed by atoms with Crippen molar-refractivity contribution in [2.75, 3.05) is 0 Å². The molecule has 0 bridgehead atoms. The number of hydrogen-bond donors (Lipinski definition) is 0. The molecule has 7 heteroatoms. The fraction of sp³-hybridized carbons (Fsp3) is 0.318. The monoisotopic (exact) mass is 407 g/mol. The van der Waals surface area contributed by atoms with Gasteiger partial charge in [0.05, 0.1) is 12.8 Å². The Hall–Kier alpha value is -2.80. The largest absolute Gasteiger partial charge is 0.467 e. The highest BCUT2D eigenvalue weighted by atomic mass is 32.2. The lowest BCUT2D eigenvalue weighted by atomic mass is 10.1. The van der Waals surface area contributed by atoms with E-state index in [1.807, 2.05) is 24.3 Å². The van der Waals surface area contributed by atoms with Crippen LogP contribution in [0.2, 0.25) is 0 Å². The summed E-state index contributed by atoms with van der Waals surface area (Å²) in [7, 11) is 0. The van der Waals surface area contributed by atoms with Crippen LogP contribution in [-0.4, -0.2) is 14.8 Å². The van der Waals surface area contributed by atoms with Crippen LogP contribution in [0.5, 0.6) is 0 Å². The summed E-state index contributed by atoms with van der Waals surface area (Å²) in [5.74, 6) is 3.01. The molecule has 0 radical (unpaired) electrons. The van der Waals surface area contributed by atoms with E-state index in [0.717, 1.165) is 52.5 Å². The standard InChI is InChI=1S/C22H21N3O3S/c1-2-14-5-8-18-16(11-20(26)28-19(18)10-14)13-29-22-24-23-21(15-6-7-15)25(22)12-17-4-3-9-27-17/h3-5,8-11,15H,2,6-7,12-13H2,1H3. The summed E-state index contributed by atoms with van der Waals surface area (Å²) in [5, 5.41) is 10.7. The highest BCUT2D eigenvalue weighted by molar-refractivity contribution is 7.98. The maximum absolute atomic E-state index is 12.1. The van der Waals surface area contributed by atoms with E-state index in [-0.39, 0.29) is 5.63 Å². The molecule has 5 rings (SSSR count). The van der Waals surface area contributed by atoms with Gasteiger partial charge in [-0.25, -0.2) is 4.79 Å². The molecule has 1 aliphatic rings. The van der Waals surface area contributed by atoms with Crippen LogP contribution >= 0.6 is 11.8 Å². The minimum Gasteiger partial charge on any atom is -0.467 e. The highest BCUT2D eigenvalue weighted by Gasteiger charge is 2.30. The Labute approximate surface area is 171 Å². The van der Waals surface area contributed by atoms with Crippen molar-refractivity contribution in [3.05, 3.63) is 75.8 Å². The Balaban J connectivity index is 1.45. The molecule has 1 fully saturated rings. The topological polar surface area (TPSA) is 74.1 Å². The molecule has 3 heterocycles. The number of furan rings is 1. The van der Waals surface area contributed by atoms with E-state index in [4.69, 9.17) is 8.83 Å². The van der Waals surface area contributed by atoms with Crippen molar-refractivity contribution in [2.45, 2.75) is 49.6 Å². The molecule has 6 nitrogen and oxygen atoms in total. The maximum atomic E-state index is 12.1. The summed E-state index contributed by atoms with van der Waals surface area (Å²) < 4.78 is 13.1. The predicted octanol–water partition coefficient (Wildman–Crippen LogP) is 4.76. The fourth-order valence-corrected chi connectivity index (χ4v) is 4.45. The maximum Gasteiger partial charge on any atom is 0.336 e. The first-order valence-corrected chi connectivity index (χ1v) is 10.8. The first-order valence-electron chi connectivity index (χ1n) is 9.85. The van der Waals surface area contributed by atoms with Crippen LogP contribution in [0.4, 0.5) is 0 Å². The van der Waals surface area contributed by atoms with Gasteiger partial charge >= 0.3 is 5.63 Å². The zero-order valence-corrected chi connectivity index (χ0v) is 16.9. The molecule has 3 aromatic heterocycles. The minimum absolute atomic E-state index is 0.322. The fourth-order valence-electron chi connectivity index (χ4n) is 3.51. The highest BCUT2D eigenvalue weighted by Crippen LogP contribution is 2.40. The summed E-state index contributed by atoms with van der Waals surface area (Å²) in [6.07, 6.45) is 4.90. The first kappa shape index (κ1) is 18.2. The Morgan fingerprint density at radius 1 is 1.21 bits per heavy atom. The molecule has 0 aliphatic heterocycles. The minimum atomic E-state index is -0.322. The van der Waals surface area contributed by atoms with Gasteiger partial charge in [0.2, 0.25) is 0 Å². The van der Waals surface area contributed by atoms with Crippen LogP contribution in [0, 0.1) is 0 Å². The van der Waals surface area contributed by atoms with Crippen molar-refractivity contribution in [2.24, 2.45) is 0 Å². The third-order valence-electron chi connectivity index (χ3n) is 5.24. The number of fused-ring (bicyclic) bond motifs is 1. The smallest absolute Gasteiger partial charge is 0.336 e. The predicted molar refractivity (Wildman–Crippen MR) is 111 cm³/mol. The number of nitrogens with zero attached hydrogens (tertiary/aromatic N) is 3. The molecular formula is C22H21N3O3S. The summed E-state index contributed by atoms with van der Waals surface area (Å²) in [6.45, 7) is 2.70. The van der Waals surface area contributed by atoms with Crippen LogP contribution in [0.15, 0.2) is 61.4 Å². The second kappa shape index (κ2) is 7.55. The average Bonchev–Trinajstić information content (AvgIpc) is 3.29. The van der Waals surface area contributed by atoms with Crippen molar-refractivity contribution >= 4 is 22.7 Å². The SMILES string of the molecule is CCc1ccc2c(CSc3nnc(C4CC4)n3Cc3ccco3)cc(=O)oc2c1. The molecule has 1 aromatic carbocycles. The molecule has 0 N–H and O–H groups in total. The zero-order valence-electron chi connectivity index (χ0n) is 16.1. The van der Waals surface area contributed by atoms with Gasteiger partial charge in [-0.2, -0.15) is 0 Å². The van der Waals surface area contributed by atoms with Gasteiger partial charge in [-0.05, 0) is 48.6 Å². The lowest BCUT2D eigenvalue weighted by Crippen LogP contribution is -2.06. The lowest BCUT2D eigenvalue weighted by Gasteiger charge is -2.09. The van der Waals surface area contributed by atoms with Crippen LogP contribution in [-0.2, 0) is 18.7 Å². The molecule has 1 saturated carbocycles. The number of hydrogen-bond acceptors (Lipinski definition) is 6. The molecule has 0 atom stereocenters. The van der Waals surface area contributed by atoms with Crippen molar-refractivity contribution in [3.8, 4) is 0 Å². The molecule has 1 aliphatic carbocycles. The van der Waals surface area contributed by atoms with E-state index in [9.17, 15) is 4.79 Å². The normalized spacial score (nSPS) is 14.0. The first-order chi connectivity index (χ1) is 14.2. The number of rotatable bonds is 7. The van der Waals surface area contributed by atoms with Crippen molar-refractivity contribution in [1.29, 1.82) is 0 Å². The summed E-state index contributed by atoms with van der Waals surface area (Å²) in [5.41, 5.74) is 2.42. The van der Waals surface area contributed by atoms with Gasteiger partial charge in [-0.15, -0.1) is 10.2 Å². The number of aromatic nitrogens is 3. The molecule has 0 unspecified atom stereocenters. The number of thioether (sulfide) groups is 1. The zero-order chi connectivity index (χ0) is 19.8. The average molecular weight is 407 g/mol. The second-order valence-electron chi connectivity index (χ2n) is 7.34. The van der Waals surface area contributed by atoms with Crippen LogP contribution in [0.3, 0.4) is 0 Å². The van der Waals surface area contributed by atoms with E-state index >= 15 is 0 Å². The van der Waals surface area contributed by atoms with Crippen molar-refractivity contribution in [1.82, 2.24) is 14.8 Å². The van der Waals surface area contributed by atoms with Gasteiger partial charge in [0.15, 0.2) is 5.16 Å². The van der Waals surface area contributed by atoms with Gasteiger partial charge in [-0.1, -0.05) is 30.8 Å². The van der Waals surface area contributed by atoms with E-state index in [1.54, 1.807) is 24.1 Å². The van der Waals surface area contributed by atoms with Crippen LogP contribution in [0.25, 0.3) is 11.0 Å². The quantitative estimate of drug-likeness (QED) is 0.325. The number of aryl methyl sites for hydroxylation is 1. The van der Waals surface area contributed by atoms with Gasteiger partial charge < -0.3 is 8.83 Å². The van der Waals surface area contributed by atoms with Gasteiger partial charge in [-0.3, -0.25) is 4.57 Å². The molecule has 148 valence electrons. The van der Waals surface area contributed by atoms with Crippen LogP contribution < -0.4 is 5.63 Å². The molecule has 0 saturated heterocycles. The second-order valence-corrected chi connectivity index (χ2v) is 8.29. The van der Waals surface area contributed by atoms with E-state index < -0.39 is 0 Å². The van der Waals surface area contributed by atoms with Gasteiger partial charge in [0.1, 0.15) is 17.2 Å². The summed E-state index contributed by atoms with van der Waals surface area (Å²) in [4.78, 5) is 12.1. The molecule has 0 spiro atoms. The molecule has 29 heavy (non-hydrogen) atoms. The van der Waals surface area contributed by atoms with E-state index in [1.165, 1.54) is 0 Å². The Morgan fingerprint density at radius 2 is 2.10 bits per heavy atom. The summed E-state index contributed by atoms with van der Waals surface area (Å²) >= 11 is 1.59. The molecular weight excluding hydrogens is 386 g/mol. The number of benzene rings is 1. The third-order valence-corrected chi connectivity index (χ3v) is 6.26. The van der Waals surface area contributed by atoms with Crippen molar-refractivity contribution < 1.29 is 8.83 Å². The Morgan fingerprint density at radius 3 is 2.86 bits per heavy atom. The van der Waals surface area contributed by atoms with Crippen molar-refractivity contribution in [3.63, 3.8) is 0 Å². The molecule has 0 amide bonds. The Kier molecular flexibility index (Phi) is 4.75. The molecule has 4 aromatic rings. The summed E-state index contributed by atoms with van der Waals surface area (Å²) in [6, 6.07) is 11.5.